The van der Waals surface area contributed by atoms with Gasteiger partial charge in [-0.05, 0) is 67.4 Å². The summed E-state index contributed by atoms with van der Waals surface area (Å²) in [6.45, 7) is 3.82. The molecule has 0 fully saturated rings. The summed E-state index contributed by atoms with van der Waals surface area (Å²) in [4.78, 5) is 24.6. The lowest BCUT2D eigenvalue weighted by Crippen LogP contribution is -2.19. The molecule has 166 valence electrons. The van der Waals surface area contributed by atoms with E-state index in [1.807, 2.05) is 26.0 Å². The van der Waals surface area contributed by atoms with Gasteiger partial charge < -0.3 is 18.9 Å². The van der Waals surface area contributed by atoms with Crippen LogP contribution in [0.2, 0.25) is 0 Å². The molecule has 3 rings (SSSR count). The summed E-state index contributed by atoms with van der Waals surface area (Å²) in [6.07, 6.45) is -1.40. The molecule has 0 aromatic heterocycles. The van der Waals surface area contributed by atoms with Crippen molar-refractivity contribution >= 4 is 23.6 Å². The maximum atomic E-state index is 12.3. The van der Waals surface area contributed by atoms with Crippen LogP contribution in [0, 0.1) is 13.8 Å². The number of hydrogen-bond acceptors (Lipinski definition) is 6. The van der Waals surface area contributed by atoms with E-state index >= 15 is 0 Å². The van der Waals surface area contributed by atoms with Crippen molar-refractivity contribution in [1.82, 2.24) is 0 Å². The van der Waals surface area contributed by atoms with Crippen molar-refractivity contribution in [2.75, 3.05) is 24.9 Å². The van der Waals surface area contributed by atoms with Crippen molar-refractivity contribution in [2.45, 2.75) is 13.8 Å². The van der Waals surface area contributed by atoms with Gasteiger partial charge in [-0.3, -0.25) is 10.6 Å². The first-order valence-electron chi connectivity index (χ1n) is 9.75. The van der Waals surface area contributed by atoms with Crippen molar-refractivity contribution in [3.05, 3.63) is 71.8 Å². The maximum Gasteiger partial charge on any atom is 0.417 e. The molecule has 0 heterocycles. The number of carbonyl (C=O) groups excluding carboxylic acids is 2. The molecule has 3 aromatic carbocycles. The van der Waals surface area contributed by atoms with Crippen LogP contribution in [0.1, 0.15) is 11.1 Å². The van der Waals surface area contributed by atoms with E-state index in [0.29, 0.717) is 34.4 Å². The Bertz CT molecular complexity index is 1040. The number of hydrogen-bond donors (Lipinski definition) is 2. The molecule has 2 N–H and O–H groups in total. The summed E-state index contributed by atoms with van der Waals surface area (Å²) in [7, 11) is 3.00. The lowest BCUT2D eigenvalue weighted by atomic mass is 10.2. The first-order chi connectivity index (χ1) is 15.4. The van der Waals surface area contributed by atoms with Gasteiger partial charge in [0.2, 0.25) is 0 Å². The van der Waals surface area contributed by atoms with Gasteiger partial charge in [-0.2, -0.15) is 0 Å². The van der Waals surface area contributed by atoms with Gasteiger partial charge in [0.1, 0.15) is 0 Å². The molecule has 0 aliphatic rings. The molecule has 8 heteroatoms. The fourth-order valence-corrected chi connectivity index (χ4v) is 2.88. The third-order valence-electron chi connectivity index (χ3n) is 4.40. The number of benzene rings is 3. The first kappa shape index (κ1) is 22.5. The second-order valence-electron chi connectivity index (χ2n) is 6.92. The molecule has 0 atom stereocenters. The van der Waals surface area contributed by atoms with Crippen LogP contribution in [0.5, 0.6) is 23.0 Å². The minimum absolute atomic E-state index is 0.292. The van der Waals surface area contributed by atoms with E-state index in [2.05, 4.69) is 10.6 Å². The Balaban J connectivity index is 1.63. The van der Waals surface area contributed by atoms with E-state index in [9.17, 15) is 9.59 Å². The van der Waals surface area contributed by atoms with Crippen molar-refractivity contribution in [2.24, 2.45) is 0 Å². The van der Waals surface area contributed by atoms with Crippen LogP contribution in [0.3, 0.4) is 0 Å². The summed E-state index contributed by atoms with van der Waals surface area (Å²) >= 11 is 0. The average Bonchev–Trinajstić information content (AvgIpc) is 2.76. The summed E-state index contributed by atoms with van der Waals surface area (Å²) in [6, 6.07) is 17.0. The molecule has 8 nitrogen and oxygen atoms in total. The molecule has 3 aromatic rings. The maximum absolute atomic E-state index is 12.3. The topological polar surface area (TPSA) is 95.1 Å². The van der Waals surface area contributed by atoms with E-state index in [1.54, 1.807) is 48.5 Å². The Morgan fingerprint density at radius 2 is 1.06 bits per heavy atom. The highest BCUT2D eigenvalue weighted by Gasteiger charge is 2.13. The minimum Gasteiger partial charge on any atom is -0.493 e. The fourth-order valence-electron chi connectivity index (χ4n) is 2.88. The predicted molar refractivity (Wildman–Crippen MR) is 121 cm³/mol. The van der Waals surface area contributed by atoms with Crippen LogP contribution in [0.4, 0.5) is 21.0 Å². The van der Waals surface area contributed by atoms with Crippen molar-refractivity contribution in [1.29, 1.82) is 0 Å². The van der Waals surface area contributed by atoms with E-state index in [-0.39, 0.29) is 0 Å². The number of ether oxygens (including phenoxy) is 4. The van der Waals surface area contributed by atoms with Crippen LogP contribution < -0.4 is 29.6 Å². The SMILES string of the molecule is COc1cc(C)ccc1OC(=O)Nc1cccc(NC(=O)Oc2ccc(C)cc2OC)c1. The smallest absolute Gasteiger partial charge is 0.417 e. The van der Waals surface area contributed by atoms with Gasteiger partial charge in [0.15, 0.2) is 23.0 Å². The van der Waals surface area contributed by atoms with Crippen LogP contribution in [0.15, 0.2) is 60.7 Å². The van der Waals surface area contributed by atoms with Gasteiger partial charge in [0.25, 0.3) is 0 Å². The fraction of sp³-hybridized carbons (Fsp3) is 0.167. The van der Waals surface area contributed by atoms with Gasteiger partial charge >= 0.3 is 12.2 Å². The predicted octanol–water partition coefficient (Wildman–Crippen LogP) is 5.54. The quantitative estimate of drug-likeness (QED) is 0.527. The molecular weight excluding hydrogens is 412 g/mol. The lowest BCUT2D eigenvalue weighted by Gasteiger charge is -2.12. The molecule has 0 saturated heterocycles. The molecular formula is C24H24N2O6. The van der Waals surface area contributed by atoms with Gasteiger partial charge in [-0.1, -0.05) is 18.2 Å². The molecule has 0 saturated carbocycles. The summed E-state index contributed by atoms with van der Waals surface area (Å²) in [5, 5.41) is 5.23. The zero-order valence-corrected chi connectivity index (χ0v) is 18.2. The standard InChI is InChI=1S/C24H24N2O6/c1-15-8-10-19(21(12-15)29-3)31-23(27)25-17-6-5-7-18(14-17)26-24(28)32-20-11-9-16(2)13-22(20)30-4/h5-14H,1-4H3,(H,25,27)(H,26,28). The van der Waals surface area contributed by atoms with Crippen LogP contribution in [0.25, 0.3) is 0 Å². The molecule has 0 radical (unpaired) electrons. The second-order valence-corrected chi connectivity index (χ2v) is 6.92. The molecule has 0 unspecified atom stereocenters. The molecule has 2 amide bonds. The van der Waals surface area contributed by atoms with Gasteiger partial charge in [0, 0.05) is 11.4 Å². The van der Waals surface area contributed by atoms with Crippen molar-refractivity contribution in [3.8, 4) is 23.0 Å². The Kier molecular flexibility index (Phi) is 7.17. The van der Waals surface area contributed by atoms with E-state index in [0.717, 1.165) is 11.1 Å². The van der Waals surface area contributed by atoms with Crippen molar-refractivity contribution in [3.63, 3.8) is 0 Å². The lowest BCUT2D eigenvalue weighted by molar-refractivity contribution is 0.212. The number of rotatable bonds is 6. The van der Waals surface area contributed by atoms with Gasteiger partial charge in [-0.25, -0.2) is 9.59 Å². The highest BCUT2D eigenvalue weighted by molar-refractivity contribution is 5.90. The van der Waals surface area contributed by atoms with Crippen LogP contribution >= 0.6 is 0 Å². The molecule has 0 bridgehead atoms. The third-order valence-corrected chi connectivity index (χ3v) is 4.40. The number of methoxy groups -OCH3 is 2. The Labute approximate surface area is 186 Å². The van der Waals surface area contributed by atoms with Gasteiger partial charge in [-0.15, -0.1) is 0 Å². The number of carbonyl (C=O) groups is 2. The van der Waals surface area contributed by atoms with Crippen LogP contribution in [-0.2, 0) is 0 Å². The average molecular weight is 436 g/mol. The third kappa shape index (κ3) is 5.91. The highest BCUT2D eigenvalue weighted by atomic mass is 16.6. The number of anilines is 2. The largest absolute Gasteiger partial charge is 0.493 e. The summed E-state index contributed by atoms with van der Waals surface area (Å²) < 4.78 is 21.1. The zero-order chi connectivity index (χ0) is 23.1. The molecule has 0 spiro atoms. The Hall–Kier alpha value is -4.20. The van der Waals surface area contributed by atoms with E-state index in [4.69, 9.17) is 18.9 Å². The Morgan fingerprint density at radius 3 is 1.47 bits per heavy atom. The number of nitrogens with one attached hydrogen (secondary N) is 2. The number of aryl methyl sites for hydroxylation is 2. The summed E-state index contributed by atoms with van der Waals surface area (Å²) in [5.74, 6) is 1.48. The molecule has 0 aliphatic carbocycles. The first-order valence-corrected chi connectivity index (χ1v) is 9.75. The monoisotopic (exact) mass is 436 g/mol. The van der Waals surface area contributed by atoms with Gasteiger partial charge in [0.05, 0.1) is 14.2 Å². The number of amides is 2. The van der Waals surface area contributed by atoms with Crippen molar-refractivity contribution < 1.29 is 28.5 Å². The molecule has 0 aliphatic heterocycles. The minimum atomic E-state index is -0.698. The summed E-state index contributed by atoms with van der Waals surface area (Å²) in [5.41, 5.74) is 2.80. The zero-order valence-electron chi connectivity index (χ0n) is 18.2. The van der Waals surface area contributed by atoms with E-state index in [1.165, 1.54) is 14.2 Å². The highest BCUT2D eigenvalue weighted by Crippen LogP contribution is 2.29. The normalized spacial score (nSPS) is 10.1. The molecule has 32 heavy (non-hydrogen) atoms. The van der Waals surface area contributed by atoms with E-state index < -0.39 is 12.2 Å². The van der Waals surface area contributed by atoms with Crippen LogP contribution in [-0.4, -0.2) is 26.4 Å². The Morgan fingerprint density at radius 1 is 0.625 bits per heavy atom. The second kappa shape index (κ2) is 10.2.